The molecule has 0 amide bonds. The molecular formula is C52H38N2O. The number of benzene rings is 7. The molecule has 0 atom stereocenters. The van der Waals surface area contributed by atoms with Crippen LogP contribution in [0.25, 0.3) is 65.9 Å². The quantitative estimate of drug-likeness (QED) is 0.140. The van der Waals surface area contributed by atoms with Crippen LogP contribution in [0.1, 0.15) is 18.1 Å². The maximum atomic E-state index is 5.81. The molecule has 0 N–H and O–H groups in total. The first-order valence-corrected chi connectivity index (χ1v) is 18.6. The minimum atomic E-state index is 0.779. The molecular weight excluding hydrogens is 669 g/mol. The number of fused-ring (bicyclic) bond motifs is 3. The van der Waals surface area contributed by atoms with Crippen LogP contribution in [0.2, 0.25) is 0 Å². The van der Waals surface area contributed by atoms with Gasteiger partial charge in [0.25, 0.3) is 0 Å². The smallest absolute Gasteiger partial charge is 0.152 e. The molecule has 0 saturated carbocycles. The van der Waals surface area contributed by atoms with Gasteiger partial charge in [-0.2, -0.15) is 0 Å². The van der Waals surface area contributed by atoms with Gasteiger partial charge in [0.1, 0.15) is 0 Å². The van der Waals surface area contributed by atoms with Crippen LogP contribution < -0.4 is 4.90 Å². The van der Waals surface area contributed by atoms with Gasteiger partial charge in [0.2, 0.25) is 0 Å². The van der Waals surface area contributed by atoms with Crippen LogP contribution in [0.4, 0.5) is 17.1 Å². The van der Waals surface area contributed by atoms with Gasteiger partial charge in [-0.15, -0.1) is 0 Å². The Labute approximate surface area is 321 Å². The van der Waals surface area contributed by atoms with Crippen molar-refractivity contribution in [2.75, 3.05) is 4.90 Å². The number of pyridine rings is 1. The van der Waals surface area contributed by atoms with Gasteiger partial charge in [-0.25, -0.2) is 0 Å². The fraction of sp³-hybridized carbons (Fsp3) is 0.0192. The fourth-order valence-corrected chi connectivity index (χ4v) is 7.35. The lowest BCUT2D eigenvalue weighted by molar-refractivity contribution is 0.615. The Morgan fingerprint density at radius 2 is 1.13 bits per heavy atom. The van der Waals surface area contributed by atoms with Crippen molar-refractivity contribution in [2.24, 2.45) is 0 Å². The normalized spacial score (nSPS) is 11.8. The first-order chi connectivity index (χ1) is 27.1. The zero-order chi connectivity index (χ0) is 37.1. The third-order valence-corrected chi connectivity index (χ3v) is 10.4. The average Bonchev–Trinajstić information content (AvgIpc) is 3.69. The van der Waals surface area contributed by atoms with Crippen LogP contribution in [0.5, 0.6) is 0 Å². The van der Waals surface area contributed by atoms with Crippen molar-refractivity contribution in [1.29, 1.82) is 0 Å². The second kappa shape index (κ2) is 14.7. The predicted molar refractivity (Wildman–Crippen MR) is 233 cm³/mol. The molecule has 55 heavy (non-hydrogen) atoms. The van der Waals surface area contributed by atoms with E-state index < -0.39 is 0 Å². The van der Waals surface area contributed by atoms with Gasteiger partial charge in [-0.05, 0) is 122 Å². The van der Waals surface area contributed by atoms with E-state index in [1.165, 1.54) is 38.2 Å². The summed E-state index contributed by atoms with van der Waals surface area (Å²) in [4.78, 5) is 6.51. The zero-order valence-corrected chi connectivity index (χ0v) is 30.6. The lowest BCUT2D eigenvalue weighted by Crippen LogP contribution is -2.09. The molecule has 0 aliphatic heterocycles. The number of aromatic nitrogens is 1. The molecule has 9 aromatic rings. The summed E-state index contributed by atoms with van der Waals surface area (Å²) in [7, 11) is 0. The fourth-order valence-electron chi connectivity index (χ4n) is 7.35. The summed E-state index contributed by atoms with van der Waals surface area (Å²) in [6, 6.07) is 58.4. The predicted octanol–water partition coefficient (Wildman–Crippen LogP) is 14.6. The highest BCUT2D eigenvalue weighted by Gasteiger charge is 2.15. The van der Waals surface area contributed by atoms with Crippen LogP contribution in [-0.2, 0) is 0 Å². The summed E-state index contributed by atoms with van der Waals surface area (Å²) in [5, 5.41) is 6.00. The van der Waals surface area contributed by atoms with E-state index in [9.17, 15) is 0 Å². The second-order valence-corrected chi connectivity index (χ2v) is 13.7. The summed E-state index contributed by atoms with van der Waals surface area (Å²) < 4.78 is 5.81. The largest absolute Gasteiger partial charge is 0.462 e. The van der Waals surface area contributed by atoms with Crippen molar-refractivity contribution in [3.63, 3.8) is 0 Å². The molecule has 0 spiro atoms. The van der Waals surface area contributed by atoms with Gasteiger partial charge in [0.15, 0.2) is 5.58 Å². The van der Waals surface area contributed by atoms with Gasteiger partial charge in [-0.1, -0.05) is 134 Å². The van der Waals surface area contributed by atoms with Gasteiger partial charge >= 0.3 is 0 Å². The monoisotopic (exact) mass is 706 g/mol. The summed E-state index contributed by atoms with van der Waals surface area (Å²) in [5.74, 6) is 0. The minimum absolute atomic E-state index is 0.779. The van der Waals surface area contributed by atoms with Crippen molar-refractivity contribution in [2.45, 2.75) is 6.92 Å². The molecule has 0 unspecified atom stereocenters. The van der Waals surface area contributed by atoms with Crippen LogP contribution in [0.3, 0.4) is 0 Å². The van der Waals surface area contributed by atoms with Gasteiger partial charge in [0.05, 0.1) is 12.5 Å². The van der Waals surface area contributed by atoms with Crippen molar-refractivity contribution < 1.29 is 4.42 Å². The number of hydrogen-bond donors (Lipinski definition) is 0. The highest BCUT2D eigenvalue weighted by Crippen LogP contribution is 2.39. The topological polar surface area (TPSA) is 29.3 Å². The summed E-state index contributed by atoms with van der Waals surface area (Å²) in [6.45, 7) is 6.52. The standard InChI is InChI=1S/C52H38N2O/c1-3-37(45-16-14-39-8-4-6-10-43(39)32-45)13-12-36(2)38-18-24-47(25-19-38)54(49-28-22-42(23-29-49)51-35-55-52-34-53-31-30-50(51)52)48-26-20-41(21-27-48)46-17-15-40-9-5-7-11-44(40)33-46/h3-35H,2H2,1H3/b13-12-,37-3+. The lowest BCUT2D eigenvalue weighted by Gasteiger charge is -2.26. The molecule has 0 radical (unpaired) electrons. The van der Waals surface area contributed by atoms with Crippen molar-refractivity contribution in [1.82, 2.24) is 4.98 Å². The van der Waals surface area contributed by atoms with Crippen molar-refractivity contribution in [3.05, 3.63) is 218 Å². The summed E-state index contributed by atoms with van der Waals surface area (Å²) in [6.07, 6.45) is 11.8. The SMILES string of the molecule is C=C(/C=C\C(=C/C)c1ccc2ccccc2c1)c1ccc(N(c2ccc(-c3ccc4ccccc4c3)cc2)c2ccc(-c3coc4cnccc34)cc2)cc1. The highest BCUT2D eigenvalue weighted by molar-refractivity contribution is 5.94. The molecule has 3 heteroatoms. The van der Waals surface area contributed by atoms with Gasteiger partial charge in [0, 0.05) is 34.2 Å². The molecule has 3 nitrogen and oxygen atoms in total. The summed E-state index contributed by atoms with van der Waals surface area (Å²) in [5.41, 5.74) is 12.8. The zero-order valence-electron chi connectivity index (χ0n) is 30.6. The van der Waals surface area contributed by atoms with E-state index in [2.05, 4.69) is 199 Å². The molecule has 9 rings (SSSR count). The molecule has 2 aromatic heterocycles. The third kappa shape index (κ3) is 6.76. The Morgan fingerprint density at radius 1 is 0.564 bits per heavy atom. The molecule has 0 bridgehead atoms. The Hall–Kier alpha value is -7.23. The van der Waals surface area contributed by atoms with Crippen LogP contribution in [-0.4, -0.2) is 4.98 Å². The van der Waals surface area contributed by atoms with E-state index in [0.717, 1.165) is 55.9 Å². The second-order valence-electron chi connectivity index (χ2n) is 13.7. The van der Waals surface area contributed by atoms with E-state index in [1.807, 2.05) is 12.3 Å². The average molecular weight is 707 g/mol. The van der Waals surface area contributed by atoms with E-state index in [4.69, 9.17) is 4.42 Å². The number of anilines is 3. The van der Waals surface area contributed by atoms with Crippen LogP contribution in [0, 0.1) is 0 Å². The number of rotatable bonds is 9. The van der Waals surface area contributed by atoms with E-state index in [1.54, 1.807) is 12.4 Å². The number of allylic oxidation sites excluding steroid dienone is 5. The van der Waals surface area contributed by atoms with Crippen molar-refractivity contribution >= 4 is 60.7 Å². The number of furan rings is 1. The van der Waals surface area contributed by atoms with Gasteiger partial charge < -0.3 is 9.32 Å². The Morgan fingerprint density at radius 3 is 1.80 bits per heavy atom. The molecule has 2 heterocycles. The summed E-state index contributed by atoms with van der Waals surface area (Å²) >= 11 is 0. The first kappa shape index (κ1) is 33.6. The van der Waals surface area contributed by atoms with Crippen LogP contribution >= 0.6 is 0 Å². The molecule has 0 saturated heterocycles. The Balaban J connectivity index is 1.02. The van der Waals surface area contributed by atoms with E-state index in [-0.39, 0.29) is 0 Å². The van der Waals surface area contributed by atoms with Crippen LogP contribution in [0.15, 0.2) is 212 Å². The Bertz CT molecular complexity index is 2880. The van der Waals surface area contributed by atoms with Gasteiger partial charge in [-0.3, -0.25) is 4.98 Å². The maximum absolute atomic E-state index is 5.81. The van der Waals surface area contributed by atoms with Crippen molar-refractivity contribution in [3.8, 4) is 22.3 Å². The molecule has 0 aliphatic rings. The number of hydrogen-bond acceptors (Lipinski definition) is 3. The number of nitrogens with zero attached hydrogens (tertiary/aromatic N) is 2. The molecule has 0 fully saturated rings. The Kier molecular flexibility index (Phi) is 8.95. The van der Waals surface area contributed by atoms with E-state index >= 15 is 0 Å². The maximum Gasteiger partial charge on any atom is 0.152 e. The molecule has 0 aliphatic carbocycles. The highest BCUT2D eigenvalue weighted by atomic mass is 16.3. The molecule has 7 aromatic carbocycles. The van der Waals surface area contributed by atoms with E-state index in [0.29, 0.717) is 0 Å². The first-order valence-electron chi connectivity index (χ1n) is 18.6. The lowest BCUT2D eigenvalue weighted by atomic mass is 9.99. The minimum Gasteiger partial charge on any atom is -0.462 e. The molecule has 262 valence electrons. The third-order valence-electron chi connectivity index (χ3n) is 10.4.